The van der Waals surface area contributed by atoms with E-state index in [1.54, 1.807) is 48.5 Å². The van der Waals surface area contributed by atoms with E-state index in [0.29, 0.717) is 30.0 Å². The van der Waals surface area contributed by atoms with Crippen LogP contribution >= 0.6 is 0 Å². The number of aliphatic hydroxyl groups excluding tert-OH is 1. The third-order valence-corrected chi connectivity index (χ3v) is 5.77. The van der Waals surface area contributed by atoms with Crippen molar-refractivity contribution in [1.29, 1.82) is 0 Å². The smallest absolute Gasteiger partial charge is 0.337 e. The fourth-order valence-corrected chi connectivity index (χ4v) is 4.20. The van der Waals surface area contributed by atoms with Crippen LogP contribution in [0.3, 0.4) is 0 Å². The summed E-state index contributed by atoms with van der Waals surface area (Å²) in [6.45, 7) is 0.548. The number of ketones is 1. The molecule has 1 atom stereocenters. The second kappa shape index (κ2) is 7.98. The molecule has 0 aliphatic carbocycles. The summed E-state index contributed by atoms with van der Waals surface area (Å²) in [5, 5.41) is 11.2. The number of methoxy groups -OCH3 is 1. The van der Waals surface area contributed by atoms with Gasteiger partial charge in [-0.3, -0.25) is 14.5 Å². The van der Waals surface area contributed by atoms with E-state index in [4.69, 9.17) is 13.9 Å². The molecule has 1 unspecified atom stereocenters. The van der Waals surface area contributed by atoms with Gasteiger partial charge in [-0.05, 0) is 54.1 Å². The highest BCUT2D eigenvalue weighted by molar-refractivity contribution is 6.51. The molecule has 3 heterocycles. The van der Waals surface area contributed by atoms with Gasteiger partial charge in [0.15, 0.2) is 0 Å². The molecule has 8 heteroatoms. The number of carbonyl (C=O) groups is 3. The number of amides is 1. The van der Waals surface area contributed by atoms with Gasteiger partial charge in [0.1, 0.15) is 23.3 Å². The van der Waals surface area contributed by atoms with Crippen molar-refractivity contribution in [3.63, 3.8) is 0 Å². The zero-order chi connectivity index (χ0) is 23.1. The number of nitrogens with zero attached hydrogens (tertiary/aromatic N) is 1. The molecule has 1 aromatic heterocycles. The van der Waals surface area contributed by atoms with Crippen molar-refractivity contribution < 1.29 is 33.4 Å². The molecule has 0 saturated carbocycles. The topological polar surface area (TPSA) is 106 Å². The van der Waals surface area contributed by atoms with Crippen molar-refractivity contribution in [3.8, 4) is 5.75 Å². The van der Waals surface area contributed by atoms with Crippen LogP contribution in [0.15, 0.2) is 70.9 Å². The molecule has 2 aromatic carbocycles. The van der Waals surface area contributed by atoms with Gasteiger partial charge in [0.25, 0.3) is 11.7 Å². The predicted octanol–water partition coefficient (Wildman–Crippen LogP) is 3.63. The monoisotopic (exact) mass is 445 g/mol. The highest BCUT2D eigenvalue weighted by Gasteiger charge is 2.48. The van der Waals surface area contributed by atoms with Gasteiger partial charge < -0.3 is 19.0 Å². The molecule has 8 nitrogen and oxygen atoms in total. The normalized spacial score (nSPS) is 18.8. The lowest BCUT2D eigenvalue weighted by atomic mass is 9.97. The number of carbonyl (C=O) groups excluding carboxylic acids is 3. The van der Waals surface area contributed by atoms with Crippen LogP contribution in [-0.2, 0) is 20.7 Å². The fraction of sp³-hybridized carbons (Fsp3) is 0.160. The Morgan fingerprint density at radius 2 is 1.94 bits per heavy atom. The molecule has 2 aliphatic heterocycles. The minimum Gasteiger partial charge on any atom is -0.507 e. The molecular formula is C25H19NO7. The van der Waals surface area contributed by atoms with Crippen molar-refractivity contribution in [2.75, 3.05) is 18.6 Å². The molecule has 0 bridgehead atoms. The van der Waals surface area contributed by atoms with E-state index in [9.17, 15) is 19.5 Å². The minimum atomic E-state index is -1.02. The lowest BCUT2D eigenvalue weighted by Gasteiger charge is -2.23. The molecule has 5 rings (SSSR count). The van der Waals surface area contributed by atoms with Crippen LogP contribution in [0.1, 0.15) is 33.3 Å². The van der Waals surface area contributed by atoms with Crippen molar-refractivity contribution in [1.82, 2.24) is 0 Å². The van der Waals surface area contributed by atoms with E-state index >= 15 is 0 Å². The molecule has 33 heavy (non-hydrogen) atoms. The SMILES string of the molecule is COC(=O)c1cccc(N2C(=O)C(=O)/C(=C(\O)c3ccc4c(c3)CCO4)C2c2ccco2)c1. The Morgan fingerprint density at radius 1 is 1.09 bits per heavy atom. The Morgan fingerprint density at radius 3 is 2.70 bits per heavy atom. The number of furan rings is 1. The Labute approximate surface area is 188 Å². The number of aliphatic hydroxyl groups is 1. The molecule has 0 spiro atoms. The van der Waals surface area contributed by atoms with Crippen LogP contribution in [0.2, 0.25) is 0 Å². The second-order valence-corrected chi connectivity index (χ2v) is 7.65. The predicted molar refractivity (Wildman–Crippen MR) is 117 cm³/mol. The summed E-state index contributed by atoms with van der Waals surface area (Å²) in [4.78, 5) is 39.5. The van der Waals surface area contributed by atoms with Gasteiger partial charge in [-0.15, -0.1) is 0 Å². The van der Waals surface area contributed by atoms with Crippen LogP contribution in [0, 0.1) is 0 Å². The van der Waals surface area contributed by atoms with Gasteiger partial charge in [-0.2, -0.15) is 0 Å². The zero-order valence-corrected chi connectivity index (χ0v) is 17.6. The number of ether oxygens (including phenoxy) is 2. The zero-order valence-electron chi connectivity index (χ0n) is 17.6. The van der Waals surface area contributed by atoms with Gasteiger partial charge in [-0.1, -0.05) is 6.07 Å². The molecule has 1 N–H and O–H groups in total. The summed E-state index contributed by atoms with van der Waals surface area (Å²) in [7, 11) is 1.26. The van der Waals surface area contributed by atoms with E-state index in [1.807, 2.05) is 0 Å². The van der Waals surface area contributed by atoms with Crippen LogP contribution in [0.5, 0.6) is 5.75 Å². The summed E-state index contributed by atoms with van der Waals surface area (Å²) in [5.74, 6) is -1.56. The molecule has 2 aliphatic rings. The quantitative estimate of drug-likeness (QED) is 0.283. The first-order valence-electron chi connectivity index (χ1n) is 10.3. The second-order valence-electron chi connectivity index (χ2n) is 7.65. The summed E-state index contributed by atoms with van der Waals surface area (Å²) in [5.41, 5.74) is 1.72. The van der Waals surface area contributed by atoms with E-state index < -0.39 is 23.7 Å². The third kappa shape index (κ3) is 3.36. The summed E-state index contributed by atoms with van der Waals surface area (Å²) in [6.07, 6.45) is 2.11. The number of fused-ring (bicyclic) bond motifs is 1. The van der Waals surface area contributed by atoms with E-state index in [1.165, 1.54) is 24.3 Å². The summed E-state index contributed by atoms with van der Waals surface area (Å²) in [6, 6.07) is 13.5. The minimum absolute atomic E-state index is 0.0997. The standard InChI is InChI=1S/C25H19NO7/c1-31-25(30)16-4-2-5-17(13-16)26-21(19-6-3-10-32-19)20(23(28)24(26)29)22(27)15-7-8-18-14(12-15)9-11-33-18/h2-8,10,12-13,21,27H,9,11H2,1H3/b22-20-. The van der Waals surface area contributed by atoms with Crippen molar-refractivity contribution in [3.05, 3.63) is 88.9 Å². The number of hydrogen-bond donors (Lipinski definition) is 1. The number of benzene rings is 2. The van der Waals surface area contributed by atoms with Gasteiger partial charge in [0.05, 0.1) is 31.1 Å². The van der Waals surface area contributed by atoms with Gasteiger partial charge in [0.2, 0.25) is 0 Å². The van der Waals surface area contributed by atoms with Gasteiger partial charge in [-0.25, -0.2) is 4.79 Å². The fourth-order valence-electron chi connectivity index (χ4n) is 4.20. The number of esters is 1. The lowest BCUT2D eigenvalue weighted by molar-refractivity contribution is -0.132. The van der Waals surface area contributed by atoms with Gasteiger partial charge in [0, 0.05) is 17.7 Å². The van der Waals surface area contributed by atoms with Crippen molar-refractivity contribution >= 4 is 29.1 Å². The number of hydrogen-bond acceptors (Lipinski definition) is 7. The summed E-state index contributed by atoms with van der Waals surface area (Å²) < 4.78 is 15.8. The van der Waals surface area contributed by atoms with Crippen molar-refractivity contribution in [2.45, 2.75) is 12.5 Å². The molecule has 1 fully saturated rings. The Bertz CT molecular complexity index is 1310. The largest absolute Gasteiger partial charge is 0.507 e. The Balaban J connectivity index is 1.67. The van der Waals surface area contributed by atoms with Crippen LogP contribution in [0.25, 0.3) is 5.76 Å². The van der Waals surface area contributed by atoms with Crippen LogP contribution in [-0.4, -0.2) is 36.5 Å². The van der Waals surface area contributed by atoms with E-state index in [-0.39, 0.29) is 16.9 Å². The lowest BCUT2D eigenvalue weighted by Crippen LogP contribution is -2.29. The number of rotatable bonds is 4. The first kappa shape index (κ1) is 20.6. The highest BCUT2D eigenvalue weighted by Crippen LogP contribution is 2.43. The molecular weight excluding hydrogens is 426 g/mol. The number of anilines is 1. The van der Waals surface area contributed by atoms with Crippen LogP contribution in [0.4, 0.5) is 5.69 Å². The Kier molecular flexibility index (Phi) is 4.97. The van der Waals surface area contributed by atoms with Crippen molar-refractivity contribution in [2.24, 2.45) is 0 Å². The van der Waals surface area contributed by atoms with Crippen LogP contribution < -0.4 is 9.64 Å². The highest BCUT2D eigenvalue weighted by atomic mass is 16.5. The average Bonchev–Trinajstić information content (AvgIpc) is 3.58. The molecule has 3 aromatic rings. The molecule has 166 valence electrons. The molecule has 0 radical (unpaired) electrons. The molecule has 1 amide bonds. The maximum absolute atomic E-state index is 13.2. The van der Waals surface area contributed by atoms with E-state index in [0.717, 1.165) is 11.3 Å². The number of Topliss-reactive ketones (excluding diaryl/α,β-unsaturated/α-hetero) is 1. The first-order valence-corrected chi connectivity index (χ1v) is 10.3. The molecule has 1 saturated heterocycles. The summed E-state index contributed by atoms with van der Waals surface area (Å²) >= 11 is 0. The third-order valence-electron chi connectivity index (χ3n) is 5.77. The maximum Gasteiger partial charge on any atom is 0.337 e. The first-order chi connectivity index (χ1) is 16.0. The van der Waals surface area contributed by atoms with E-state index in [2.05, 4.69) is 0 Å². The maximum atomic E-state index is 13.2. The average molecular weight is 445 g/mol. The van der Waals surface area contributed by atoms with Gasteiger partial charge >= 0.3 is 5.97 Å². The Hall–Kier alpha value is -4.33.